The van der Waals surface area contributed by atoms with Crippen molar-refractivity contribution in [3.05, 3.63) is 72.9 Å². The van der Waals surface area contributed by atoms with E-state index in [0.29, 0.717) is 17.4 Å². The predicted octanol–water partition coefficient (Wildman–Crippen LogP) is 27.4. The van der Waals surface area contributed by atoms with Crippen LogP contribution < -0.4 is 5.11 Å². The number of rotatable bonds is 83. The fourth-order valence-corrected chi connectivity index (χ4v) is 13.3. The lowest BCUT2D eigenvalue weighted by Gasteiger charge is -2.26. The maximum Gasteiger partial charge on any atom is 0.306 e. The first-order chi connectivity index (χ1) is 49.6. The Balaban J connectivity index is 3.90. The Hall–Kier alpha value is -3.27. The van der Waals surface area contributed by atoms with E-state index in [2.05, 4.69) is 86.8 Å². The minimum absolute atomic E-state index is 0.150. The number of quaternary nitrogens is 1. The Kier molecular flexibility index (Phi) is 79.7. The molecule has 0 aromatic heterocycles. The number of carboxylic acids is 1. The summed E-state index contributed by atoms with van der Waals surface area (Å²) in [7, 11) is 5.96. The fourth-order valence-electron chi connectivity index (χ4n) is 13.3. The largest absolute Gasteiger partial charge is 0.545 e. The zero-order valence-corrected chi connectivity index (χ0v) is 67.8. The highest BCUT2D eigenvalue weighted by Gasteiger charge is 2.22. The molecule has 0 saturated heterocycles. The first kappa shape index (κ1) is 97.7. The van der Waals surface area contributed by atoms with Gasteiger partial charge in [-0.05, 0) is 83.5 Å². The van der Waals surface area contributed by atoms with Crippen molar-refractivity contribution in [2.45, 2.75) is 450 Å². The van der Waals surface area contributed by atoms with Crippen molar-refractivity contribution in [3.63, 3.8) is 0 Å². The molecule has 0 saturated carbocycles. The lowest BCUT2D eigenvalue weighted by atomic mass is 10.0. The van der Waals surface area contributed by atoms with Gasteiger partial charge < -0.3 is 33.3 Å². The lowest BCUT2D eigenvalue weighted by Crippen LogP contribution is -2.44. The zero-order chi connectivity index (χ0) is 73.2. The smallest absolute Gasteiger partial charge is 0.306 e. The van der Waals surface area contributed by atoms with Gasteiger partial charge in [0.1, 0.15) is 13.2 Å². The highest BCUT2D eigenvalue weighted by Crippen LogP contribution is 2.20. The standard InChI is InChI=1S/C92H169NO8/c1-6-8-10-12-14-16-18-20-22-24-26-28-30-32-34-36-38-40-42-43-44-45-46-47-49-50-52-54-56-58-60-62-64-66-68-70-72-74-76-78-80-82-89(94)99-86-88(87-100-92(91(96)97)98-85-84-93(3,4)5)101-90(95)83-81-79-77-75-73-71-69-67-65-63-61-59-57-55-53-51-48-41-39-37-35-33-31-29-27-25-23-21-19-17-15-13-11-9-7-2/h9,11,15,17-18,20-21,23-24,26-27,29,88,92H,6-8,10,12-14,16,19,22,25,28,30-87H2,1-5H3/b11-9-,17-15-,20-18-,23-21-,26-24-,29-27-. The van der Waals surface area contributed by atoms with Crippen LogP contribution in [0.2, 0.25) is 0 Å². The number of allylic oxidation sites excluding steroid dienone is 12. The number of likely N-dealkylation sites (N-methyl/N-ethyl adjacent to an activating group) is 1. The Labute approximate surface area is 628 Å². The molecule has 2 atom stereocenters. The van der Waals surface area contributed by atoms with E-state index in [-0.39, 0.29) is 32.2 Å². The van der Waals surface area contributed by atoms with Gasteiger partial charge in [0.15, 0.2) is 12.4 Å². The monoisotopic (exact) mass is 1420 g/mol. The van der Waals surface area contributed by atoms with Gasteiger partial charge in [0.2, 0.25) is 0 Å². The van der Waals surface area contributed by atoms with Gasteiger partial charge in [-0.25, -0.2) is 0 Å². The third-order valence-electron chi connectivity index (χ3n) is 19.9. The predicted molar refractivity (Wildman–Crippen MR) is 435 cm³/mol. The van der Waals surface area contributed by atoms with Crippen molar-refractivity contribution >= 4 is 17.9 Å². The zero-order valence-electron chi connectivity index (χ0n) is 67.8. The van der Waals surface area contributed by atoms with Crippen LogP contribution in [0, 0.1) is 0 Å². The first-order valence-electron chi connectivity index (χ1n) is 44.1. The Morgan fingerprint density at radius 2 is 0.564 bits per heavy atom. The van der Waals surface area contributed by atoms with Crippen LogP contribution in [0.15, 0.2) is 72.9 Å². The molecule has 101 heavy (non-hydrogen) atoms. The number of hydrogen-bond donors (Lipinski definition) is 0. The maximum absolute atomic E-state index is 13.0. The summed E-state index contributed by atoms with van der Waals surface area (Å²) in [5.41, 5.74) is 0. The van der Waals surface area contributed by atoms with E-state index in [9.17, 15) is 19.5 Å². The number of unbranched alkanes of at least 4 members (excludes halogenated alkanes) is 56. The minimum Gasteiger partial charge on any atom is -0.545 e. The number of carboxylic acid groups (broad SMARTS) is 1. The first-order valence-corrected chi connectivity index (χ1v) is 44.1. The second-order valence-corrected chi connectivity index (χ2v) is 31.2. The molecule has 0 amide bonds. The van der Waals surface area contributed by atoms with Crippen molar-refractivity contribution in [3.8, 4) is 0 Å². The van der Waals surface area contributed by atoms with Gasteiger partial charge in [0.05, 0.1) is 40.3 Å². The number of carbonyl (C=O) groups excluding carboxylic acids is 3. The van der Waals surface area contributed by atoms with E-state index < -0.39 is 24.3 Å². The van der Waals surface area contributed by atoms with E-state index in [1.54, 1.807) is 0 Å². The van der Waals surface area contributed by atoms with Crippen molar-refractivity contribution < 1.29 is 42.9 Å². The molecule has 9 heteroatoms. The van der Waals surface area contributed by atoms with E-state index in [1.165, 1.54) is 340 Å². The molecule has 0 bridgehead atoms. The lowest BCUT2D eigenvalue weighted by molar-refractivity contribution is -0.870. The van der Waals surface area contributed by atoms with Crippen LogP contribution in [0.3, 0.4) is 0 Å². The van der Waals surface area contributed by atoms with E-state index >= 15 is 0 Å². The molecule has 0 spiro atoms. The normalized spacial score (nSPS) is 12.9. The minimum atomic E-state index is -1.62. The molecule has 0 aromatic carbocycles. The topological polar surface area (TPSA) is 111 Å². The number of nitrogens with zero attached hydrogens (tertiary/aromatic N) is 1. The fraction of sp³-hybridized carbons (Fsp3) is 0.837. The molecule has 0 heterocycles. The molecule has 0 aromatic rings. The number of aliphatic carboxylic acids is 1. The molecule has 0 rings (SSSR count). The molecule has 0 aliphatic heterocycles. The van der Waals surface area contributed by atoms with Crippen LogP contribution >= 0.6 is 0 Å². The van der Waals surface area contributed by atoms with Crippen LogP contribution in [-0.2, 0) is 33.3 Å². The molecular formula is C92H169NO8. The average molecular weight is 1420 g/mol. The summed E-state index contributed by atoms with van der Waals surface area (Å²) in [6.45, 7) is 4.70. The van der Waals surface area contributed by atoms with E-state index in [0.717, 1.165) is 70.6 Å². The van der Waals surface area contributed by atoms with Gasteiger partial charge in [-0.15, -0.1) is 0 Å². The van der Waals surface area contributed by atoms with Gasteiger partial charge >= 0.3 is 11.9 Å². The average Bonchev–Trinajstić information content (AvgIpc) is 1.25. The summed E-state index contributed by atoms with van der Waals surface area (Å²) in [5, 5.41) is 11.9. The number of esters is 2. The number of carbonyl (C=O) groups is 3. The van der Waals surface area contributed by atoms with Gasteiger partial charge in [-0.3, -0.25) is 9.59 Å². The maximum atomic E-state index is 13.0. The molecular weight excluding hydrogens is 1250 g/mol. The molecule has 9 nitrogen and oxygen atoms in total. The van der Waals surface area contributed by atoms with Crippen molar-refractivity contribution in [1.29, 1.82) is 0 Å². The summed E-state index contributed by atoms with van der Waals surface area (Å²) in [5.74, 6) is -2.25. The summed E-state index contributed by atoms with van der Waals surface area (Å²) < 4.78 is 22.9. The molecule has 0 radical (unpaired) electrons. The second-order valence-electron chi connectivity index (χ2n) is 31.2. The van der Waals surface area contributed by atoms with Crippen molar-refractivity contribution in [2.75, 3.05) is 47.5 Å². The van der Waals surface area contributed by atoms with Gasteiger partial charge in [-0.1, -0.05) is 414 Å². The summed E-state index contributed by atoms with van der Waals surface area (Å²) >= 11 is 0. The van der Waals surface area contributed by atoms with Crippen LogP contribution in [0.25, 0.3) is 0 Å². The molecule has 590 valence electrons. The second kappa shape index (κ2) is 82.4. The number of hydrogen-bond acceptors (Lipinski definition) is 8. The summed E-state index contributed by atoms with van der Waals surface area (Å²) in [6.07, 6.45) is 109. The highest BCUT2D eigenvalue weighted by molar-refractivity contribution is 5.70. The molecule has 2 unspecified atom stereocenters. The van der Waals surface area contributed by atoms with Crippen LogP contribution in [0.1, 0.15) is 438 Å². The van der Waals surface area contributed by atoms with Crippen molar-refractivity contribution in [1.82, 2.24) is 0 Å². The quantitative estimate of drug-likeness (QED) is 0.0195. The van der Waals surface area contributed by atoms with Gasteiger partial charge in [0.25, 0.3) is 0 Å². The van der Waals surface area contributed by atoms with Gasteiger partial charge in [0, 0.05) is 12.8 Å². The molecule has 0 fully saturated rings. The molecule has 0 N–H and O–H groups in total. The van der Waals surface area contributed by atoms with Crippen LogP contribution in [0.4, 0.5) is 0 Å². The SMILES string of the molecule is CC/C=C\C/C=C\C/C=C\C/C=C\CCCCCCCCCCCCCCCCCCCCCCCCC(=O)OC(COC(=O)CCCCCCCCCCCCCCCCCCCCCCCCCCCCCCC/C=C\C/C=C\CCCCCCC)COC(OCC[N+](C)(C)C)C(=O)[O-]. The molecule has 0 aliphatic rings. The summed E-state index contributed by atoms with van der Waals surface area (Å²) in [4.78, 5) is 37.7. The summed E-state index contributed by atoms with van der Waals surface area (Å²) in [6, 6.07) is 0. The Morgan fingerprint density at radius 1 is 0.307 bits per heavy atom. The third kappa shape index (κ3) is 83.9. The Morgan fingerprint density at radius 3 is 0.842 bits per heavy atom. The van der Waals surface area contributed by atoms with E-state index in [4.69, 9.17) is 18.9 Å². The Bertz CT molecular complexity index is 1900. The third-order valence-corrected chi connectivity index (χ3v) is 19.9. The van der Waals surface area contributed by atoms with Crippen molar-refractivity contribution in [2.24, 2.45) is 0 Å². The highest BCUT2D eigenvalue weighted by atomic mass is 16.7. The van der Waals surface area contributed by atoms with Gasteiger partial charge in [-0.2, -0.15) is 0 Å². The van der Waals surface area contributed by atoms with Crippen LogP contribution in [-0.4, -0.2) is 82.3 Å². The van der Waals surface area contributed by atoms with Crippen LogP contribution in [0.5, 0.6) is 0 Å². The molecule has 0 aliphatic carbocycles. The van der Waals surface area contributed by atoms with E-state index in [1.807, 2.05) is 21.1 Å². The number of ether oxygens (including phenoxy) is 4.